The summed E-state index contributed by atoms with van der Waals surface area (Å²) in [5, 5.41) is 15.9. The van der Waals surface area contributed by atoms with Crippen molar-refractivity contribution in [1.82, 2.24) is 25.1 Å². The van der Waals surface area contributed by atoms with Gasteiger partial charge in [-0.2, -0.15) is 0 Å². The summed E-state index contributed by atoms with van der Waals surface area (Å²) in [6, 6.07) is -0.486. The zero-order valence-corrected chi connectivity index (χ0v) is 8.87. The molecule has 0 saturated heterocycles. The quantitative estimate of drug-likeness (QED) is 0.644. The number of aliphatic carboxylic acids is 1. The number of carbonyl (C=O) groups excluding carboxylic acids is 1. The van der Waals surface area contributed by atoms with Gasteiger partial charge in [0.15, 0.2) is 12.4 Å². The monoisotopic (exact) mass is 241 g/mol. The van der Waals surface area contributed by atoms with Crippen molar-refractivity contribution in [2.24, 2.45) is 0 Å². The van der Waals surface area contributed by atoms with Crippen molar-refractivity contribution in [3.63, 3.8) is 0 Å². The van der Waals surface area contributed by atoms with E-state index in [4.69, 9.17) is 5.11 Å². The maximum atomic E-state index is 11.6. The average molecular weight is 241 g/mol. The van der Waals surface area contributed by atoms with Gasteiger partial charge in [-0.05, 0) is 0 Å². The van der Waals surface area contributed by atoms with E-state index in [2.05, 4.69) is 20.5 Å². The second kappa shape index (κ2) is 4.78. The molecule has 17 heavy (non-hydrogen) atoms. The molecule has 2 amide bonds. The van der Waals surface area contributed by atoms with Crippen LogP contribution in [-0.4, -0.2) is 49.9 Å². The molecule has 0 aliphatic carbocycles. The van der Waals surface area contributed by atoms with Crippen LogP contribution in [0.3, 0.4) is 0 Å². The minimum Gasteiger partial charge on any atom is -0.479 e. The largest absolute Gasteiger partial charge is 0.479 e. The Kier molecular flexibility index (Phi) is 3.19. The van der Waals surface area contributed by atoms with Crippen LogP contribution in [0.15, 0.2) is 6.33 Å². The topological polar surface area (TPSA) is 110 Å². The van der Waals surface area contributed by atoms with Crippen molar-refractivity contribution >= 4 is 12.0 Å². The number of urea groups is 1. The van der Waals surface area contributed by atoms with Crippen LogP contribution in [0.1, 0.15) is 5.82 Å². The second-order valence-corrected chi connectivity index (χ2v) is 3.45. The zero-order chi connectivity index (χ0) is 12.3. The molecule has 1 aliphatic rings. The lowest BCUT2D eigenvalue weighted by atomic mass is 10.4. The van der Waals surface area contributed by atoms with Gasteiger partial charge < -0.3 is 14.6 Å². The highest BCUT2D eigenvalue weighted by Gasteiger charge is 2.21. The van der Waals surface area contributed by atoms with Crippen molar-refractivity contribution in [3.8, 4) is 0 Å². The van der Waals surface area contributed by atoms with Crippen LogP contribution < -0.4 is 5.48 Å². The van der Waals surface area contributed by atoms with E-state index in [1.165, 1.54) is 4.90 Å². The Hall–Kier alpha value is -2.16. The molecular formula is C8H11N5O4. The van der Waals surface area contributed by atoms with E-state index in [1.807, 2.05) is 4.57 Å². The molecule has 0 bridgehead atoms. The molecule has 0 atom stereocenters. The number of fused-ring (bicyclic) bond motifs is 1. The molecule has 2 rings (SSSR count). The third-order valence-corrected chi connectivity index (χ3v) is 2.28. The molecule has 0 radical (unpaired) electrons. The standard InChI is InChI=1S/C8H11N5O4/c14-7(15)4-17-11-8(16)12-1-2-13-5-9-10-6(13)3-12/h5H,1-4H2,(H,11,16)(H,14,15). The molecule has 1 aliphatic heterocycles. The van der Waals surface area contributed by atoms with Crippen LogP contribution in [0.5, 0.6) is 0 Å². The maximum Gasteiger partial charge on any atom is 0.341 e. The highest BCUT2D eigenvalue weighted by molar-refractivity contribution is 5.73. The van der Waals surface area contributed by atoms with Crippen molar-refractivity contribution < 1.29 is 19.5 Å². The molecule has 9 nitrogen and oxygen atoms in total. The van der Waals surface area contributed by atoms with E-state index in [0.717, 1.165) is 0 Å². The molecule has 2 heterocycles. The van der Waals surface area contributed by atoms with Gasteiger partial charge in [-0.15, -0.1) is 10.2 Å². The van der Waals surface area contributed by atoms with Gasteiger partial charge in [-0.1, -0.05) is 0 Å². The van der Waals surface area contributed by atoms with Gasteiger partial charge in [-0.25, -0.2) is 15.1 Å². The number of aromatic nitrogens is 3. The first-order chi connectivity index (χ1) is 8.16. The highest BCUT2D eigenvalue weighted by Crippen LogP contribution is 2.08. The predicted octanol–water partition coefficient (Wildman–Crippen LogP) is -1.18. The molecule has 1 aromatic heterocycles. The first-order valence-corrected chi connectivity index (χ1v) is 4.92. The second-order valence-electron chi connectivity index (χ2n) is 3.45. The smallest absolute Gasteiger partial charge is 0.341 e. The van der Waals surface area contributed by atoms with E-state index < -0.39 is 18.6 Å². The Bertz CT molecular complexity index is 431. The summed E-state index contributed by atoms with van der Waals surface area (Å²) in [6.45, 7) is 0.847. The third-order valence-electron chi connectivity index (χ3n) is 2.28. The van der Waals surface area contributed by atoms with E-state index in [0.29, 0.717) is 25.5 Å². The molecule has 9 heteroatoms. The van der Waals surface area contributed by atoms with Crippen molar-refractivity contribution in [2.45, 2.75) is 13.1 Å². The van der Waals surface area contributed by atoms with E-state index in [1.54, 1.807) is 6.33 Å². The highest BCUT2D eigenvalue weighted by atomic mass is 16.7. The Balaban J connectivity index is 1.84. The SMILES string of the molecule is O=C(O)CONC(=O)N1CCn2cnnc2C1. The molecule has 1 aromatic rings. The summed E-state index contributed by atoms with van der Waals surface area (Å²) in [4.78, 5) is 27.7. The minimum atomic E-state index is -1.15. The molecule has 0 unspecified atom stereocenters. The van der Waals surface area contributed by atoms with Crippen LogP contribution in [0, 0.1) is 0 Å². The normalized spacial score (nSPS) is 14.2. The first-order valence-electron chi connectivity index (χ1n) is 4.92. The van der Waals surface area contributed by atoms with Gasteiger partial charge in [-0.3, -0.25) is 4.84 Å². The minimum absolute atomic E-state index is 0.322. The number of carboxylic acid groups (broad SMARTS) is 1. The molecule has 0 saturated carbocycles. The number of nitrogens with one attached hydrogen (secondary N) is 1. The molecule has 92 valence electrons. The summed E-state index contributed by atoms with van der Waals surface area (Å²) < 4.78 is 1.85. The summed E-state index contributed by atoms with van der Waals surface area (Å²) in [5.41, 5.74) is 2.06. The summed E-state index contributed by atoms with van der Waals surface area (Å²) >= 11 is 0. The lowest BCUT2D eigenvalue weighted by molar-refractivity contribution is -0.144. The number of hydroxylamine groups is 1. The molecular weight excluding hydrogens is 230 g/mol. The van der Waals surface area contributed by atoms with Gasteiger partial charge in [0.05, 0.1) is 6.54 Å². The number of rotatable bonds is 3. The van der Waals surface area contributed by atoms with Crippen LogP contribution in [0.4, 0.5) is 4.79 Å². The van der Waals surface area contributed by atoms with Gasteiger partial charge in [0.25, 0.3) is 0 Å². The van der Waals surface area contributed by atoms with Crippen molar-refractivity contribution in [1.29, 1.82) is 0 Å². The van der Waals surface area contributed by atoms with Gasteiger partial charge in [0.1, 0.15) is 6.33 Å². The molecule has 2 N–H and O–H groups in total. The fraction of sp³-hybridized carbons (Fsp3) is 0.500. The van der Waals surface area contributed by atoms with E-state index >= 15 is 0 Å². The van der Waals surface area contributed by atoms with Crippen LogP contribution in [0.2, 0.25) is 0 Å². The fourth-order valence-corrected chi connectivity index (χ4v) is 1.46. The maximum absolute atomic E-state index is 11.6. The van der Waals surface area contributed by atoms with Gasteiger partial charge in [0, 0.05) is 13.1 Å². The summed E-state index contributed by atoms with van der Waals surface area (Å²) in [6.07, 6.45) is 1.60. The number of carbonyl (C=O) groups is 2. The van der Waals surface area contributed by atoms with Gasteiger partial charge in [0.2, 0.25) is 0 Å². The molecule has 0 aromatic carbocycles. The number of amides is 2. The Morgan fingerprint density at radius 2 is 2.35 bits per heavy atom. The number of nitrogens with zero attached hydrogens (tertiary/aromatic N) is 4. The predicted molar refractivity (Wildman–Crippen MR) is 52.6 cm³/mol. The van der Waals surface area contributed by atoms with Crippen LogP contribution in [0.25, 0.3) is 0 Å². The summed E-state index contributed by atoms with van der Waals surface area (Å²) in [7, 11) is 0. The molecule has 0 spiro atoms. The zero-order valence-electron chi connectivity index (χ0n) is 8.87. The Labute approximate surface area is 95.9 Å². The number of hydrogen-bond acceptors (Lipinski definition) is 5. The first kappa shape index (κ1) is 11.3. The Morgan fingerprint density at radius 1 is 1.53 bits per heavy atom. The van der Waals surface area contributed by atoms with Crippen LogP contribution in [-0.2, 0) is 22.7 Å². The van der Waals surface area contributed by atoms with Crippen molar-refractivity contribution in [3.05, 3.63) is 12.2 Å². The third kappa shape index (κ3) is 2.69. The van der Waals surface area contributed by atoms with Crippen molar-refractivity contribution in [2.75, 3.05) is 13.2 Å². The average Bonchev–Trinajstić information content (AvgIpc) is 2.75. The lowest BCUT2D eigenvalue weighted by Crippen LogP contribution is -2.44. The molecule has 0 fully saturated rings. The Morgan fingerprint density at radius 3 is 3.12 bits per heavy atom. The summed E-state index contributed by atoms with van der Waals surface area (Å²) in [5.74, 6) is -0.465. The van der Waals surface area contributed by atoms with Gasteiger partial charge >= 0.3 is 12.0 Å². The van der Waals surface area contributed by atoms with Crippen LogP contribution >= 0.6 is 0 Å². The lowest BCUT2D eigenvalue weighted by Gasteiger charge is -2.26. The fourth-order valence-electron chi connectivity index (χ4n) is 1.46. The number of carboxylic acids is 1. The number of hydrogen-bond donors (Lipinski definition) is 2. The van der Waals surface area contributed by atoms with E-state index in [9.17, 15) is 9.59 Å². The van der Waals surface area contributed by atoms with E-state index in [-0.39, 0.29) is 0 Å².